The van der Waals surface area contributed by atoms with Crippen LogP contribution in [0, 0.1) is 6.92 Å². The highest BCUT2D eigenvalue weighted by Gasteiger charge is 2.26. The Morgan fingerprint density at radius 3 is 2.96 bits per heavy atom. The highest BCUT2D eigenvalue weighted by atomic mass is 15.3. The maximum Gasteiger partial charge on any atom is 0.138 e. The Balaban J connectivity index is 1.56. The molecule has 0 bridgehead atoms. The highest BCUT2D eigenvalue weighted by molar-refractivity contribution is 5.41. The van der Waals surface area contributed by atoms with Crippen molar-refractivity contribution in [3.63, 3.8) is 0 Å². The maximum atomic E-state index is 4.56. The van der Waals surface area contributed by atoms with E-state index in [0.717, 1.165) is 37.7 Å². The fourth-order valence-electron chi connectivity index (χ4n) is 3.53. The smallest absolute Gasteiger partial charge is 0.138 e. The van der Waals surface area contributed by atoms with Crippen molar-refractivity contribution in [1.29, 1.82) is 0 Å². The predicted molar refractivity (Wildman–Crippen MR) is 95.3 cm³/mol. The van der Waals surface area contributed by atoms with E-state index in [1.807, 2.05) is 12.4 Å². The van der Waals surface area contributed by atoms with Crippen molar-refractivity contribution in [1.82, 2.24) is 34.5 Å². The topological polar surface area (TPSA) is 63.8 Å². The summed E-state index contributed by atoms with van der Waals surface area (Å²) in [4.78, 5) is 11.1. The molecule has 1 saturated heterocycles. The van der Waals surface area contributed by atoms with Gasteiger partial charge in [0, 0.05) is 45.6 Å². The average molecular weight is 337 g/mol. The molecule has 0 spiro atoms. The Bertz CT molecular complexity index is 837. The second-order valence-electron chi connectivity index (χ2n) is 6.55. The number of aryl methyl sites for hydroxylation is 2. The summed E-state index contributed by atoms with van der Waals surface area (Å²) in [6.45, 7) is 5.99. The molecule has 2 aromatic heterocycles. The van der Waals surface area contributed by atoms with Gasteiger partial charge in [-0.3, -0.25) is 4.90 Å². The van der Waals surface area contributed by atoms with Crippen LogP contribution in [0.15, 0.2) is 43.2 Å². The first kappa shape index (κ1) is 16.0. The van der Waals surface area contributed by atoms with Gasteiger partial charge in [0.2, 0.25) is 0 Å². The Kier molecular flexibility index (Phi) is 4.33. The SMILES string of the molecule is Cc1cc(CN2CCNCC2c2nccn2C)ccc1-n1cncn1. The molecule has 3 heterocycles. The molecular weight excluding hydrogens is 314 g/mol. The van der Waals surface area contributed by atoms with Crippen LogP contribution in [0.2, 0.25) is 0 Å². The van der Waals surface area contributed by atoms with E-state index in [4.69, 9.17) is 0 Å². The van der Waals surface area contributed by atoms with Crippen LogP contribution in [-0.4, -0.2) is 48.8 Å². The molecule has 0 amide bonds. The summed E-state index contributed by atoms with van der Waals surface area (Å²) in [6.07, 6.45) is 7.18. The minimum atomic E-state index is 0.295. The van der Waals surface area contributed by atoms with Crippen LogP contribution in [0.25, 0.3) is 5.69 Å². The summed E-state index contributed by atoms with van der Waals surface area (Å²) in [5.41, 5.74) is 3.58. The zero-order valence-electron chi connectivity index (χ0n) is 14.6. The van der Waals surface area contributed by atoms with Crippen molar-refractivity contribution < 1.29 is 0 Å². The first-order chi connectivity index (χ1) is 12.2. The molecule has 25 heavy (non-hydrogen) atoms. The first-order valence-corrected chi connectivity index (χ1v) is 8.59. The third-order valence-corrected chi connectivity index (χ3v) is 4.82. The van der Waals surface area contributed by atoms with Gasteiger partial charge < -0.3 is 9.88 Å². The van der Waals surface area contributed by atoms with Crippen LogP contribution in [0.3, 0.4) is 0 Å². The number of rotatable bonds is 4. The van der Waals surface area contributed by atoms with Crippen molar-refractivity contribution in [3.05, 3.63) is 60.2 Å². The Hall–Kier alpha value is -2.51. The molecule has 130 valence electrons. The molecule has 0 aliphatic carbocycles. The number of aromatic nitrogens is 5. The van der Waals surface area contributed by atoms with Gasteiger partial charge in [-0.2, -0.15) is 5.10 Å². The number of nitrogens with one attached hydrogen (secondary N) is 1. The lowest BCUT2D eigenvalue weighted by molar-refractivity contribution is 0.144. The molecule has 1 aromatic carbocycles. The summed E-state index contributed by atoms with van der Waals surface area (Å²) < 4.78 is 3.92. The lowest BCUT2D eigenvalue weighted by atomic mass is 10.1. The second kappa shape index (κ2) is 6.78. The monoisotopic (exact) mass is 337 g/mol. The number of benzene rings is 1. The van der Waals surface area contributed by atoms with Crippen molar-refractivity contribution in [2.24, 2.45) is 7.05 Å². The van der Waals surface area contributed by atoms with Gasteiger partial charge in [0.05, 0.1) is 11.7 Å². The van der Waals surface area contributed by atoms with E-state index in [1.54, 1.807) is 17.3 Å². The van der Waals surface area contributed by atoms with Gasteiger partial charge in [0.25, 0.3) is 0 Å². The third kappa shape index (κ3) is 3.20. The van der Waals surface area contributed by atoms with Crippen molar-refractivity contribution in [3.8, 4) is 5.69 Å². The number of nitrogens with zero attached hydrogens (tertiary/aromatic N) is 6. The quantitative estimate of drug-likeness (QED) is 0.781. The molecule has 0 radical (unpaired) electrons. The number of hydrogen-bond acceptors (Lipinski definition) is 5. The lowest BCUT2D eigenvalue weighted by Gasteiger charge is -2.35. The van der Waals surface area contributed by atoms with Crippen molar-refractivity contribution >= 4 is 0 Å². The first-order valence-electron chi connectivity index (χ1n) is 8.59. The van der Waals surface area contributed by atoms with Crippen LogP contribution in [-0.2, 0) is 13.6 Å². The standard InChI is InChI=1S/C18H23N7/c1-14-9-15(3-4-16(14)25-13-20-12-22-25)11-24-8-5-19-10-17(24)18-21-6-7-23(18)2/h3-4,6-7,9,12-13,17,19H,5,8,10-11H2,1-2H3. The van der Waals surface area contributed by atoms with Crippen LogP contribution < -0.4 is 5.32 Å². The predicted octanol–water partition coefficient (Wildman–Crippen LogP) is 1.46. The molecule has 1 atom stereocenters. The van der Waals surface area contributed by atoms with Crippen molar-refractivity contribution in [2.45, 2.75) is 19.5 Å². The highest BCUT2D eigenvalue weighted by Crippen LogP contribution is 2.24. The Labute approximate surface area is 147 Å². The molecule has 7 nitrogen and oxygen atoms in total. The molecule has 7 heteroatoms. The van der Waals surface area contributed by atoms with Crippen LogP contribution in [0.5, 0.6) is 0 Å². The van der Waals surface area contributed by atoms with Gasteiger partial charge in [0.1, 0.15) is 18.5 Å². The minimum Gasteiger partial charge on any atom is -0.337 e. The van der Waals surface area contributed by atoms with E-state index in [2.05, 4.69) is 62.0 Å². The average Bonchev–Trinajstić information content (AvgIpc) is 3.27. The van der Waals surface area contributed by atoms with E-state index < -0.39 is 0 Å². The molecular formula is C18H23N7. The van der Waals surface area contributed by atoms with Crippen LogP contribution >= 0.6 is 0 Å². The lowest BCUT2D eigenvalue weighted by Crippen LogP contribution is -2.46. The van der Waals surface area contributed by atoms with E-state index in [1.165, 1.54) is 11.1 Å². The Morgan fingerprint density at radius 2 is 2.24 bits per heavy atom. The summed E-state index contributed by atoms with van der Waals surface area (Å²) in [5, 5.41) is 7.72. The maximum absolute atomic E-state index is 4.56. The van der Waals surface area contributed by atoms with Gasteiger partial charge >= 0.3 is 0 Å². The molecule has 4 rings (SSSR count). The summed E-state index contributed by atoms with van der Waals surface area (Å²) in [7, 11) is 2.06. The van der Waals surface area contributed by atoms with E-state index >= 15 is 0 Å². The molecule has 1 fully saturated rings. The second-order valence-corrected chi connectivity index (χ2v) is 6.55. The zero-order valence-corrected chi connectivity index (χ0v) is 14.6. The molecule has 1 N–H and O–H groups in total. The van der Waals surface area contributed by atoms with Crippen LogP contribution in [0.4, 0.5) is 0 Å². The van der Waals surface area contributed by atoms with Gasteiger partial charge in [-0.25, -0.2) is 14.6 Å². The number of hydrogen-bond donors (Lipinski definition) is 1. The number of imidazole rings is 1. The summed E-state index contributed by atoms with van der Waals surface area (Å²) in [6, 6.07) is 6.84. The molecule has 1 aliphatic heterocycles. The Morgan fingerprint density at radius 1 is 1.32 bits per heavy atom. The van der Waals surface area contributed by atoms with Gasteiger partial charge in [-0.15, -0.1) is 0 Å². The van der Waals surface area contributed by atoms with E-state index in [0.29, 0.717) is 6.04 Å². The van der Waals surface area contributed by atoms with E-state index in [9.17, 15) is 0 Å². The fourth-order valence-corrected chi connectivity index (χ4v) is 3.53. The minimum absolute atomic E-state index is 0.295. The third-order valence-electron chi connectivity index (χ3n) is 4.82. The summed E-state index contributed by atoms with van der Waals surface area (Å²) in [5.74, 6) is 1.11. The zero-order chi connectivity index (χ0) is 17.2. The normalized spacial score (nSPS) is 18.6. The fraction of sp³-hybridized carbons (Fsp3) is 0.389. The van der Waals surface area contributed by atoms with E-state index in [-0.39, 0.29) is 0 Å². The molecule has 1 unspecified atom stereocenters. The molecule has 1 aliphatic rings. The largest absolute Gasteiger partial charge is 0.337 e. The molecule has 0 saturated carbocycles. The summed E-state index contributed by atoms with van der Waals surface area (Å²) >= 11 is 0. The van der Waals surface area contributed by atoms with Gasteiger partial charge in [-0.1, -0.05) is 12.1 Å². The number of piperazine rings is 1. The van der Waals surface area contributed by atoms with Crippen LogP contribution in [0.1, 0.15) is 23.0 Å². The molecule has 3 aromatic rings. The van der Waals surface area contributed by atoms with Crippen molar-refractivity contribution in [2.75, 3.05) is 19.6 Å². The van der Waals surface area contributed by atoms with Gasteiger partial charge in [0.15, 0.2) is 0 Å². The van der Waals surface area contributed by atoms with Gasteiger partial charge in [-0.05, 0) is 24.1 Å².